The van der Waals surface area contributed by atoms with Crippen LogP contribution in [0.25, 0.3) is 21.9 Å². The minimum atomic E-state index is -0.770. The van der Waals surface area contributed by atoms with E-state index in [1.54, 1.807) is 10.9 Å². The topological polar surface area (TPSA) is 132 Å². The lowest BCUT2D eigenvalue weighted by atomic mass is 9.82. The summed E-state index contributed by atoms with van der Waals surface area (Å²) in [4.78, 5) is 25.4. The number of nitrogens with one attached hydrogen (secondary N) is 1. The second kappa shape index (κ2) is 9.12. The highest BCUT2D eigenvalue weighted by Crippen LogP contribution is 2.40. The van der Waals surface area contributed by atoms with E-state index in [1.165, 1.54) is 18.8 Å². The maximum absolute atomic E-state index is 12.0. The molecule has 5 atom stereocenters. The molecule has 1 fully saturated rings. The van der Waals surface area contributed by atoms with Gasteiger partial charge in [0.05, 0.1) is 25.1 Å². The van der Waals surface area contributed by atoms with Crippen molar-refractivity contribution in [3.8, 4) is 0 Å². The summed E-state index contributed by atoms with van der Waals surface area (Å²) in [6, 6.07) is 12.1. The standard InChI is InChI=1S/C26H27N5O5/c1-14(33)35-19-9-8-16-7-6-15-4-2-3-5-17(15)22(16)23(19)30-25-24-26(28-12-27-25)31(13-29-24)21-10-18(34)20(11-32)36-21/h2-7,12-13,18-21,23,32,34H,8-11H2,1H3,(H,27,28,30)/t18-,19+,20+,21+,23+/m0/s1. The van der Waals surface area contributed by atoms with Crippen LogP contribution in [0.3, 0.4) is 0 Å². The molecule has 0 saturated carbocycles. The first kappa shape index (κ1) is 22.8. The summed E-state index contributed by atoms with van der Waals surface area (Å²) >= 11 is 0. The Morgan fingerprint density at radius 3 is 2.89 bits per heavy atom. The van der Waals surface area contributed by atoms with E-state index in [1.807, 2.05) is 12.1 Å². The number of aliphatic hydroxyl groups is 2. The molecule has 3 N–H and O–H groups in total. The van der Waals surface area contributed by atoms with Gasteiger partial charge in [0.15, 0.2) is 17.0 Å². The van der Waals surface area contributed by atoms with Crippen LogP contribution in [0.1, 0.15) is 43.2 Å². The Hall–Kier alpha value is -3.60. The Bertz CT molecular complexity index is 1440. The Labute approximate surface area is 206 Å². The Balaban J connectivity index is 1.41. The van der Waals surface area contributed by atoms with E-state index in [4.69, 9.17) is 9.47 Å². The summed E-state index contributed by atoms with van der Waals surface area (Å²) in [6.07, 6.45) is 2.56. The molecule has 0 radical (unpaired) electrons. The van der Waals surface area contributed by atoms with Gasteiger partial charge >= 0.3 is 5.97 Å². The summed E-state index contributed by atoms with van der Waals surface area (Å²) < 4.78 is 13.3. The molecule has 10 heteroatoms. The van der Waals surface area contributed by atoms with Crippen molar-refractivity contribution in [1.82, 2.24) is 19.5 Å². The molecule has 2 aromatic heterocycles. The average molecular weight is 490 g/mol. The van der Waals surface area contributed by atoms with Gasteiger partial charge in [0.1, 0.15) is 24.8 Å². The second-order valence-corrected chi connectivity index (χ2v) is 9.33. The second-order valence-electron chi connectivity index (χ2n) is 9.33. The lowest BCUT2D eigenvalue weighted by Gasteiger charge is -2.34. The number of carbonyl (C=O) groups excluding carboxylic acids is 1. The van der Waals surface area contributed by atoms with Gasteiger partial charge in [-0.05, 0) is 34.7 Å². The molecule has 0 unspecified atom stereocenters. The van der Waals surface area contributed by atoms with Crippen LogP contribution in [0, 0.1) is 0 Å². The Morgan fingerprint density at radius 2 is 2.08 bits per heavy atom. The van der Waals surface area contributed by atoms with Crippen molar-refractivity contribution < 1.29 is 24.5 Å². The lowest BCUT2D eigenvalue weighted by Crippen LogP contribution is -2.34. The number of nitrogens with zero attached hydrogens (tertiary/aromatic N) is 4. The summed E-state index contributed by atoms with van der Waals surface area (Å²) in [7, 11) is 0. The van der Waals surface area contributed by atoms with Crippen molar-refractivity contribution in [3.05, 3.63) is 60.2 Å². The van der Waals surface area contributed by atoms with Gasteiger partial charge < -0.3 is 25.0 Å². The molecule has 0 bridgehead atoms. The number of hydrogen-bond donors (Lipinski definition) is 3. The number of aryl methyl sites for hydroxylation is 1. The maximum Gasteiger partial charge on any atom is 0.302 e. The minimum absolute atomic E-state index is 0.265. The molecule has 1 aliphatic carbocycles. The number of carbonyl (C=O) groups is 1. The van der Waals surface area contributed by atoms with Gasteiger partial charge in [0, 0.05) is 13.3 Å². The molecule has 36 heavy (non-hydrogen) atoms. The molecule has 186 valence electrons. The highest BCUT2D eigenvalue weighted by atomic mass is 16.5. The number of esters is 1. The van der Waals surface area contributed by atoms with Gasteiger partial charge in [-0.3, -0.25) is 9.36 Å². The molecular formula is C26H27N5O5. The molecule has 1 saturated heterocycles. The third-order valence-corrected chi connectivity index (χ3v) is 7.10. The highest BCUT2D eigenvalue weighted by molar-refractivity contribution is 5.89. The fourth-order valence-electron chi connectivity index (χ4n) is 5.45. The van der Waals surface area contributed by atoms with E-state index in [-0.39, 0.29) is 24.7 Å². The number of hydrogen-bond acceptors (Lipinski definition) is 9. The van der Waals surface area contributed by atoms with E-state index < -0.39 is 18.4 Å². The summed E-state index contributed by atoms with van der Waals surface area (Å²) in [5.41, 5.74) is 3.37. The van der Waals surface area contributed by atoms with E-state index in [9.17, 15) is 15.0 Å². The number of ether oxygens (including phenoxy) is 2. The molecule has 2 aromatic carbocycles. The number of fused-ring (bicyclic) bond motifs is 4. The van der Waals surface area contributed by atoms with Crippen LogP contribution in [0.4, 0.5) is 5.82 Å². The fourth-order valence-corrected chi connectivity index (χ4v) is 5.45. The third-order valence-electron chi connectivity index (χ3n) is 7.10. The third kappa shape index (κ3) is 3.87. The molecule has 2 aliphatic rings. The van der Waals surface area contributed by atoms with Gasteiger partial charge in [0.25, 0.3) is 0 Å². The number of imidazole rings is 1. The predicted octanol–water partition coefficient (Wildman–Crippen LogP) is 2.65. The maximum atomic E-state index is 12.0. The van der Waals surface area contributed by atoms with Gasteiger partial charge in [-0.15, -0.1) is 0 Å². The van der Waals surface area contributed by atoms with Crippen molar-refractivity contribution in [2.45, 2.75) is 56.8 Å². The van der Waals surface area contributed by atoms with Crippen LogP contribution >= 0.6 is 0 Å². The zero-order valence-electron chi connectivity index (χ0n) is 19.7. The van der Waals surface area contributed by atoms with Crippen molar-refractivity contribution >= 4 is 33.7 Å². The van der Waals surface area contributed by atoms with Gasteiger partial charge in [-0.2, -0.15) is 0 Å². The summed E-state index contributed by atoms with van der Waals surface area (Å²) in [5.74, 6) is 0.182. The van der Waals surface area contributed by atoms with Crippen LogP contribution < -0.4 is 5.32 Å². The van der Waals surface area contributed by atoms with E-state index in [0.717, 1.165) is 22.8 Å². The Morgan fingerprint density at radius 1 is 1.22 bits per heavy atom. The minimum Gasteiger partial charge on any atom is -0.460 e. The number of aromatic nitrogens is 4. The lowest BCUT2D eigenvalue weighted by molar-refractivity contribution is -0.147. The fraction of sp³-hybridized carbons (Fsp3) is 0.385. The first-order valence-electron chi connectivity index (χ1n) is 12.1. The van der Waals surface area contributed by atoms with Crippen LogP contribution in [0.5, 0.6) is 0 Å². The quantitative estimate of drug-likeness (QED) is 0.362. The van der Waals surface area contributed by atoms with E-state index in [2.05, 4.69) is 44.5 Å². The number of benzene rings is 2. The zero-order chi connectivity index (χ0) is 24.8. The normalized spacial score (nSPS) is 25.7. The largest absolute Gasteiger partial charge is 0.460 e. The highest BCUT2D eigenvalue weighted by Gasteiger charge is 2.37. The molecular weight excluding hydrogens is 462 g/mol. The van der Waals surface area contributed by atoms with Gasteiger partial charge in [-0.1, -0.05) is 36.4 Å². The molecule has 10 nitrogen and oxygen atoms in total. The smallest absolute Gasteiger partial charge is 0.302 e. The molecule has 0 amide bonds. The van der Waals surface area contributed by atoms with Crippen LogP contribution in [0.2, 0.25) is 0 Å². The molecule has 4 aromatic rings. The number of aliphatic hydroxyl groups excluding tert-OH is 2. The average Bonchev–Trinajstić information content (AvgIpc) is 3.48. The number of anilines is 1. The van der Waals surface area contributed by atoms with Crippen LogP contribution in [0.15, 0.2) is 49.1 Å². The first-order valence-corrected chi connectivity index (χ1v) is 12.1. The summed E-state index contributed by atoms with van der Waals surface area (Å²) in [6.45, 7) is 1.16. The number of rotatable bonds is 5. The summed E-state index contributed by atoms with van der Waals surface area (Å²) in [5, 5.41) is 25.4. The molecule has 1 aliphatic heterocycles. The van der Waals surface area contributed by atoms with Crippen LogP contribution in [-0.4, -0.2) is 60.6 Å². The van der Waals surface area contributed by atoms with Gasteiger partial charge in [0.2, 0.25) is 0 Å². The zero-order valence-corrected chi connectivity index (χ0v) is 19.7. The predicted molar refractivity (Wildman–Crippen MR) is 131 cm³/mol. The SMILES string of the molecule is CC(=O)O[C@@H]1CCc2ccc3ccccc3c2[C@@H]1Nc1ncnc2c1ncn2[C@H]1C[C@H](O)[C@@H](CO)O1. The van der Waals surface area contributed by atoms with E-state index in [0.29, 0.717) is 29.8 Å². The van der Waals surface area contributed by atoms with Crippen molar-refractivity contribution in [3.63, 3.8) is 0 Å². The van der Waals surface area contributed by atoms with Gasteiger partial charge in [-0.25, -0.2) is 15.0 Å². The first-order chi connectivity index (χ1) is 17.5. The van der Waals surface area contributed by atoms with Crippen LogP contribution in [-0.2, 0) is 20.7 Å². The molecule has 6 rings (SSSR count). The monoisotopic (exact) mass is 489 g/mol. The van der Waals surface area contributed by atoms with Crippen molar-refractivity contribution in [2.75, 3.05) is 11.9 Å². The Kier molecular flexibility index (Phi) is 5.79. The van der Waals surface area contributed by atoms with Crippen molar-refractivity contribution in [1.29, 1.82) is 0 Å². The van der Waals surface area contributed by atoms with E-state index >= 15 is 0 Å². The molecule has 3 heterocycles. The van der Waals surface area contributed by atoms with Crippen molar-refractivity contribution in [2.24, 2.45) is 0 Å². The molecule has 0 spiro atoms.